The molecule has 0 bridgehead atoms. The lowest BCUT2D eigenvalue weighted by Gasteiger charge is -2.18. The summed E-state index contributed by atoms with van der Waals surface area (Å²) in [6, 6.07) is 6.22. The van der Waals surface area contributed by atoms with Crippen molar-refractivity contribution >= 4 is 22.6 Å². The maximum Gasteiger partial charge on any atom is 0.177 e. The molecule has 1 aliphatic heterocycles. The molecule has 1 saturated carbocycles. The van der Waals surface area contributed by atoms with Crippen molar-refractivity contribution < 1.29 is 9.47 Å². The Bertz CT molecular complexity index is 595. The molecule has 22 heavy (non-hydrogen) atoms. The van der Waals surface area contributed by atoms with Crippen LogP contribution in [0.25, 0.3) is 0 Å². The van der Waals surface area contributed by atoms with Gasteiger partial charge in [0.15, 0.2) is 5.17 Å². The van der Waals surface area contributed by atoms with Gasteiger partial charge in [-0.15, -0.1) is 0 Å². The predicted molar refractivity (Wildman–Crippen MR) is 91.4 cm³/mol. The highest BCUT2D eigenvalue weighted by Crippen LogP contribution is 2.28. The second kappa shape index (κ2) is 7.05. The average molecular weight is 319 g/mol. The molecule has 1 aromatic carbocycles. The summed E-state index contributed by atoms with van der Waals surface area (Å²) < 4.78 is 10.7. The van der Waals surface area contributed by atoms with Gasteiger partial charge in [0, 0.05) is 11.3 Å². The van der Waals surface area contributed by atoms with E-state index in [1.165, 1.54) is 25.7 Å². The molecule has 0 atom stereocenters. The number of nitrogens with one attached hydrogen (secondary N) is 1. The van der Waals surface area contributed by atoms with E-state index in [9.17, 15) is 0 Å². The van der Waals surface area contributed by atoms with Crippen LogP contribution in [0, 0.1) is 0 Å². The zero-order chi connectivity index (χ0) is 15.4. The molecule has 0 radical (unpaired) electrons. The summed E-state index contributed by atoms with van der Waals surface area (Å²) in [5, 5.41) is 5.41. The molecule has 1 fully saturated rings. The van der Waals surface area contributed by atoms with Crippen molar-refractivity contribution in [3.8, 4) is 11.5 Å². The van der Waals surface area contributed by atoms with E-state index in [4.69, 9.17) is 14.5 Å². The minimum Gasteiger partial charge on any atom is -0.497 e. The van der Waals surface area contributed by atoms with Crippen molar-refractivity contribution in [3.05, 3.63) is 23.8 Å². The van der Waals surface area contributed by atoms with Crippen LogP contribution in [0.5, 0.6) is 11.5 Å². The molecule has 2 aliphatic rings. The molecule has 0 saturated heterocycles. The number of hydrazone groups is 1. The minimum atomic E-state index is 0.470. The Kier molecular flexibility index (Phi) is 4.87. The third-order valence-electron chi connectivity index (χ3n) is 3.97. The number of ether oxygens (including phenoxy) is 2. The van der Waals surface area contributed by atoms with E-state index in [1.54, 1.807) is 26.0 Å². The first-order valence-corrected chi connectivity index (χ1v) is 8.54. The lowest BCUT2D eigenvalue weighted by Crippen LogP contribution is -2.26. The Labute approximate surface area is 135 Å². The predicted octanol–water partition coefficient (Wildman–Crippen LogP) is 3.04. The number of thioether (sulfide) groups is 1. The first-order valence-electron chi connectivity index (χ1n) is 7.55. The van der Waals surface area contributed by atoms with Gasteiger partial charge in [-0.05, 0) is 31.0 Å². The van der Waals surface area contributed by atoms with E-state index in [1.807, 2.05) is 18.2 Å². The number of benzene rings is 1. The van der Waals surface area contributed by atoms with Crippen LogP contribution in [0.1, 0.15) is 31.2 Å². The third-order valence-corrected chi connectivity index (χ3v) is 4.86. The highest BCUT2D eigenvalue weighted by atomic mass is 32.2. The molecule has 0 amide bonds. The van der Waals surface area contributed by atoms with Crippen molar-refractivity contribution in [2.24, 2.45) is 10.1 Å². The van der Waals surface area contributed by atoms with Crippen LogP contribution in [0.2, 0.25) is 0 Å². The van der Waals surface area contributed by atoms with Crippen molar-refractivity contribution in [2.45, 2.75) is 31.7 Å². The first-order chi connectivity index (χ1) is 10.8. The Morgan fingerprint density at radius 1 is 1.23 bits per heavy atom. The van der Waals surface area contributed by atoms with Gasteiger partial charge in [-0.3, -0.25) is 10.4 Å². The van der Waals surface area contributed by atoms with E-state index in [-0.39, 0.29) is 0 Å². The molecule has 6 heteroatoms. The fourth-order valence-electron chi connectivity index (χ4n) is 2.76. The van der Waals surface area contributed by atoms with Crippen LogP contribution in [0.15, 0.2) is 28.3 Å². The van der Waals surface area contributed by atoms with Crippen molar-refractivity contribution in [3.63, 3.8) is 0 Å². The summed E-state index contributed by atoms with van der Waals surface area (Å²) in [6.45, 7) is 0. The quantitative estimate of drug-likeness (QED) is 0.927. The molecule has 0 unspecified atom stereocenters. The first kappa shape index (κ1) is 15.2. The molecule has 118 valence electrons. The van der Waals surface area contributed by atoms with E-state index in [0.29, 0.717) is 6.04 Å². The second-order valence-corrected chi connectivity index (χ2v) is 6.36. The molecule has 1 N–H and O–H groups in total. The minimum absolute atomic E-state index is 0.470. The van der Waals surface area contributed by atoms with E-state index in [0.717, 1.165) is 33.7 Å². The fraction of sp³-hybridized carbons (Fsp3) is 0.500. The van der Waals surface area contributed by atoms with Gasteiger partial charge in [0.05, 0.1) is 26.0 Å². The largest absolute Gasteiger partial charge is 0.497 e. The molecular formula is C16H21N3O2S. The Morgan fingerprint density at radius 3 is 2.68 bits per heavy atom. The van der Waals surface area contributed by atoms with Crippen LogP contribution < -0.4 is 14.9 Å². The van der Waals surface area contributed by atoms with Gasteiger partial charge in [0.1, 0.15) is 11.5 Å². The maximum atomic E-state index is 5.43. The summed E-state index contributed by atoms with van der Waals surface area (Å²) in [5.74, 6) is 2.38. The van der Waals surface area contributed by atoms with Gasteiger partial charge in [0.25, 0.3) is 0 Å². The number of methoxy groups -OCH3 is 2. The zero-order valence-electron chi connectivity index (χ0n) is 13.0. The highest BCUT2D eigenvalue weighted by Gasteiger charge is 2.20. The zero-order valence-corrected chi connectivity index (χ0v) is 13.8. The Hall–Kier alpha value is -1.69. The number of amidine groups is 1. The number of rotatable bonds is 4. The summed E-state index contributed by atoms with van der Waals surface area (Å²) in [7, 11) is 3.33. The summed E-state index contributed by atoms with van der Waals surface area (Å²) in [4.78, 5) is 4.74. The van der Waals surface area contributed by atoms with Crippen molar-refractivity contribution in [2.75, 3.05) is 20.0 Å². The summed E-state index contributed by atoms with van der Waals surface area (Å²) in [5.41, 5.74) is 5.00. The van der Waals surface area contributed by atoms with E-state index in [2.05, 4.69) is 10.5 Å². The highest BCUT2D eigenvalue weighted by molar-refractivity contribution is 8.14. The number of hydrogen-bond donors (Lipinski definition) is 1. The molecule has 1 heterocycles. The number of aliphatic imine (C=N–C) groups is 1. The number of nitrogens with zero attached hydrogens (tertiary/aromatic N) is 2. The van der Waals surface area contributed by atoms with Gasteiger partial charge in [0.2, 0.25) is 0 Å². The Balaban J connectivity index is 1.77. The van der Waals surface area contributed by atoms with E-state index < -0.39 is 0 Å². The topological polar surface area (TPSA) is 55.2 Å². The van der Waals surface area contributed by atoms with E-state index >= 15 is 0 Å². The number of hydrogen-bond acceptors (Lipinski definition) is 5. The third kappa shape index (κ3) is 3.38. The monoisotopic (exact) mass is 319 g/mol. The standard InChI is InChI=1S/C16H21N3O2S/c1-20-12-7-8-15(21-2)13(9-12)14-10-22-16(19-18-14)17-11-5-3-4-6-11/h7-9,11H,3-6,10H2,1-2H3,(H,17,19). The van der Waals surface area contributed by atoms with Crippen LogP contribution in [0.3, 0.4) is 0 Å². The molecule has 0 spiro atoms. The lowest BCUT2D eigenvalue weighted by molar-refractivity contribution is 0.402. The summed E-state index contributed by atoms with van der Waals surface area (Å²) >= 11 is 1.70. The SMILES string of the molecule is COc1ccc(OC)c(C2=NNC(=NC3CCCC3)SC2)c1. The molecule has 0 aromatic heterocycles. The van der Waals surface area contributed by atoms with Crippen molar-refractivity contribution in [1.29, 1.82) is 0 Å². The smallest absolute Gasteiger partial charge is 0.177 e. The molecule has 1 aliphatic carbocycles. The molecule has 1 aromatic rings. The molecule has 3 rings (SSSR count). The fourth-order valence-corrected chi connectivity index (χ4v) is 3.59. The van der Waals surface area contributed by atoms with Crippen LogP contribution in [-0.2, 0) is 0 Å². The van der Waals surface area contributed by atoms with Crippen LogP contribution >= 0.6 is 11.8 Å². The van der Waals surface area contributed by atoms with Gasteiger partial charge in [-0.2, -0.15) is 5.10 Å². The molecule has 5 nitrogen and oxygen atoms in total. The lowest BCUT2D eigenvalue weighted by atomic mass is 10.1. The van der Waals surface area contributed by atoms with Gasteiger partial charge in [-0.25, -0.2) is 0 Å². The van der Waals surface area contributed by atoms with Crippen molar-refractivity contribution in [1.82, 2.24) is 5.43 Å². The summed E-state index contributed by atoms with van der Waals surface area (Å²) in [6.07, 6.45) is 4.99. The van der Waals surface area contributed by atoms with Gasteiger partial charge >= 0.3 is 0 Å². The van der Waals surface area contributed by atoms with Crippen LogP contribution in [-0.4, -0.2) is 36.9 Å². The Morgan fingerprint density at radius 2 is 2.05 bits per heavy atom. The average Bonchev–Trinajstić information content (AvgIpc) is 3.08. The van der Waals surface area contributed by atoms with Gasteiger partial charge in [-0.1, -0.05) is 24.6 Å². The van der Waals surface area contributed by atoms with Gasteiger partial charge < -0.3 is 9.47 Å². The second-order valence-electron chi connectivity index (χ2n) is 5.40. The van der Waals surface area contributed by atoms with Crippen LogP contribution in [0.4, 0.5) is 0 Å². The maximum absolute atomic E-state index is 5.43. The molecular weight excluding hydrogens is 298 g/mol. The normalized spacial score (nSPS) is 20.6.